The fourth-order valence-corrected chi connectivity index (χ4v) is 4.31. The molecule has 0 radical (unpaired) electrons. The van der Waals surface area contributed by atoms with Gasteiger partial charge in [-0.3, -0.25) is 0 Å². The van der Waals surface area contributed by atoms with Crippen LogP contribution >= 0.6 is 11.6 Å². The lowest BCUT2D eigenvalue weighted by Gasteiger charge is -2.18. The minimum atomic E-state index is 0.944. The van der Waals surface area contributed by atoms with Crippen molar-refractivity contribution in [3.63, 3.8) is 0 Å². The van der Waals surface area contributed by atoms with Crippen molar-refractivity contribution in [2.75, 3.05) is 0 Å². The van der Waals surface area contributed by atoms with Crippen LogP contribution in [0.3, 0.4) is 0 Å². The predicted octanol–water partition coefficient (Wildman–Crippen LogP) is 7.87. The van der Waals surface area contributed by atoms with Crippen molar-refractivity contribution >= 4 is 33.1 Å². The number of hydrogen-bond donors (Lipinski definition) is 0. The molecule has 0 aliphatic carbocycles. The molecule has 0 atom stereocenters. The van der Waals surface area contributed by atoms with E-state index in [1.54, 1.807) is 0 Å². The highest BCUT2D eigenvalue weighted by Crippen LogP contribution is 2.44. The first-order valence-electron chi connectivity index (χ1n) is 9.58. The van der Waals surface area contributed by atoms with Crippen LogP contribution in [-0.4, -0.2) is 0 Å². The summed E-state index contributed by atoms with van der Waals surface area (Å²) in [5.74, 6) is 3.12. The van der Waals surface area contributed by atoms with Gasteiger partial charge in [-0.15, -0.1) is 0 Å². The standard InChI is InChI=1S/C28H17Cl/c29-19-18-22-14-9-17-25-26(20-10-3-1-4-11-20)23-15-7-8-16-24(23)27(28(22)25)21-12-5-2-6-13-21/h1-17H. The van der Waals surface area contributed by atoms with Gasteiger partial charge in [0.1, 0.15) is 0 Å². The van der Waals surface area contributed by atoms with E-state index in [-0.39, 0.29) is 0 Å². The Morgan fingerprint density at radius 2 is 1.00 bits per heavy atom. The Hall–Kier alpha value is -3.53. The summed E-state index contributed by atoms with van der Waals surface area (Å²) in [5, 5.41) is 7.37. The van der Waals surface area contributed by atoms with Gasteiger partial charge in [0.25, 0.3) is 0 Å². The summed E-state index contributed by atoms with van der Waals surface area (Å²) in [5.41, 5.74) is 5.75. The van der Waals surface area contributed by atoms with E-state index in [9.17, 15) is 0 Å². The minimum Gasteiger partial charge on any atom is -0.0622 e. The number of rotatable bonds is 2. The Kier molecular flexibility index (Phi) is 4.53. The van der Waals surface area contributed by atoms with E-state index in [0.29, 0.717) is 0 Å². The van der Waals surface area contributed by atoms with Crippen molar-refractivity contribution in [3.8, 4) is 33.6 Å². The molecular formula is C28H17Cl. The highest BCUT2D eigenvalue weighted by atomic mass is 35.5. The van der Waals surface area contributed by atoms with Gasteiger partial charge in [-0.05, 0) is 62.0 Å². The summed E-state index contributed by atoms with van der Waals surface area (Å²) in [6, 6.07) is 36.0. The van der Waals surface area contributed by atoms with Crippen molar-refractivity contribution in [2.24, 2.45) is 0 Å². The van der Waals surface area contributed by atoms with E-state index >= 15 is 0 Å². The van der Waals surface area contributed by atoms with Gasteiger partial charge in [-0.1, -0.05) is 97.1 Å². The predicted molar refractivity (Wildman–Crippen MR) is 125 cm³/mol. The highest BCUT2D eigenvalue weighted by Gasteiger charge is 2.18. The van der Waals surface area contributed by atoms with E-state index in [1.165, 1.54) is 38.4 Å². The average Bonchev–Trinajstić information content (AvgIpc) is 2.79. The molecule has 0 amide bonds. The molecule has 1 heteroatoms. The van der Waals surface area contributed by atoms with Crippen LogP contribution in [0.15, 0.2) is 103 Å². The van der Waals surface area contributed by atoms with Crippen molar-refractivity contribution < 1.29 is 0 Å². The molecule has 5 aromatic rings. The summed E-state index contributed by atoms with van der Waals surface area (Å²) < 4.78 is 0. The summed E-state index contributed by atoms with van der Waals surface area (Å²) in [6.45, 7) is 0. The molecule has 0 spiro atoms. The Balaban J connectivity index is 2.08. The van der Waals surface area contributed by atoms with Crippen LogP contribution in [0.1, 0.15) is 5.56 Å². The first-order valence-corrected chi connectivity index (χ1v) is 9.96. The van der Waals surface area contributed by atoms with Crippen LogP contribution in [0, 0.1) is 11.3 Å². The first kappa shape index (κ1) is 17.6. The smallest absolute Gasteiger partial charge is 0.0343 e. The zero-order chi connectivity index (χ0) is 19.6. The van der Waals surface area contributed by atoms with E-state index < -0.39 is 0 Å². The third-order valence-electron chi connectivity index (χ3n) is 5.36. The Bertz CT molecular complexity index is 1390. The molecule has 136 valence electrons. The lowest BCUT2D eigenvalue weighted by molar-refractivity contribution is 1.64. The van der Waals surface area contributed by atoms with E-state index in [1.807, 2.05) is 12.1 Å². The molecule has 0 bridgehead atoms. The molecule has 0 aliphatic heterocycles. The van der Waals surface area contributed by atoms with Crippen molar-refractivity contribution in [2.45, 2.75) is 0 Å². The third kappa shape index (κ3) is 2.97. The van der Waals surface area contributed by atoms with Crippen molar-refractivity contribution in [3.05, 3.63) is 109 Å². The van der Waals surface area contributed by atoms with Gasteiger partial charge in [0.2, 0.25) is 0 Å². The molecule has 0 N–H and O–H groups in total. The summed E-state index contributed by atoms with van der Waals surface area (Å²) in [4.78, 5) is 0. The molecule has 0 unspecified atom stereocenters. The molecule has 0 heterocycles. The molecule has 0 saturated carbocycles. The Morgan fingerprint density at radius 3 is 1.62 bits per heavy atom. The third-order valence-corrected chi connectivity index (χ3v) is 5.45. The van der Waals surface area contributed by atoms with Gasteiger partial charge >= 0.3 is 0 Å². The average molecular weight is 389 g/mol. The second-order valence-electron chi connectivity index (χ2n) is 6.98. The van der Waals surface area contributed by atoms with Crippen LogP contribution in [0.5, 0.6) is 0 Å². The minimum absolute atomic E-state index is 0.944. The number of hydrogen-bond acceptors (Lipinski definition) is 0. The molecule has 0 aliphatic rings. The van der Waals surface area contributed by atoms with Crippen LogP contribution in [0.2, 0.25) is 0 Å². The maximum Gasteiger partial charge on any atom is 0.0343 e. The lowest BCUT2D eigenvalue weighted by atomic mass is 9.84. The van der Waals surface area contributed by atoms with Gasteiger partial charge < -0.3 is 0 Å². The van der Waals surface area contributed by atoms with Crippen molar-refractivity contribution in [1.29, 1.82) is 0 Å². The van der Waals surface area contributed by atoms with E-state index in [4.69, 9.17) is 11.6 Å². The van der Waals surface area contributed by atoms with Crippen LogP contribution < -0.4 is 0 Å². The molecule has 5 aromatic carbocycles. The monoisotopic (exact) mass is 388 g/mol. The first-order chi connectivity index (χ1) is 14.4. The molecule has 0 aromatic heterocycles. The van der Waals surface area contributed by atoms with Gasteiger partial charge in [0, 0.05) is 16.3 Å². The normalized spacial score (nSPS) is 10.7. The quantitative estimate of drug-likeness (QED) is 0.213. The molecular weight excluding hydrogens is 372 g/mol. The van der Waals surface area contributed by atoms with Gasteiger partial charge in [0.05, 0.1) is 0 Å². The largest absolute Gasteiger partial charge is 0.0622 e. The van der Waals surface area contributed by atoms with Crippen molar-refractivity contribution in [1.82, 2.24) is 0 Å². The highest BCUT2D eigenvalue weighted by molar-refractivity contribution is 6.30. The Labute approximate surface area is 175 Å². The zero-order valence-corrected chi connectivity index (χ0v) is 16.4. The maximum absolute atomic E-state index is 5.85. The zero-order valence-electron chi connectivity index (χ0n) is 15.7. The number of halogens is 1. The van der Waals surface area contributed by atoms with Crippen LogP contribution in [-0.2, 0) is 0 Å². The Morgan fingerprint density at radius 1 is 0.483 bits per heavy atom. The van der Waals surface area contributed by atoms with Gasteiger partial charge in [-0.25, -0.2) is 0 Å². The summed E-state index contributed by atoms with van der Waals surface area (Å²) in [7, 11) is 0. The molecule has 0 nitrogen and oxygen atoms in total. The van der Waals surface area contributed by atoms with Gasteiger partial charge in [0.15, 0.2) is 0 Å². The number of fused-ring (bicyclic) bond motifs is 2. The fourth-order valence-electron chi connectivity index (χ4n) is 4.20. The van der Waals surface area contributed by atoms with E-state index in [0.717, 1.165) is 10.9 Å². The number of benzene rings is 5. The second-order valence-corrected chi connectivity index (χ2v) is 7.16. The fraction of sp³-hybridized carbons (Fsp3) is 0. The topological polar surface area (TPSA) is 0 Å². The second kappa shape index (κ2) is 7.47. The van der Waals surface area contributed by atoms with Gasteiger partial charge in [-0.2, -0.15) is 0 Å². The van der Waals surface area contributed by atoms with E-state index in [2.05, 4.69) is 102 Å². The summed E-state index contributed by atoms with van der Waals surface area (Å²) >= 11 is 5.85. The molecule has 29 heavy (non-hydrogen) atoms. The summed E-state index contributed by atoms with van der Waals surface area (Å²) in [6.07, 6.45) is 0. The molecule has 0 fully saturated rings. The van der Waals surface area contributed by atoms with Crippen LogP contribution in [0.25, 0.3) is 43.8 Å². The molecule has 0 saturated heterocycles. The maximum atomic E-state index is 5.85. The lowest BCUT2D eigenvalue weighted by Crippen LogP contribution is -1.93. The molecule has 5 rings (SSSR count). The SMILES string of the molecule is ClC#Cc1cccc2c(-c3ccccc3)c3ccccc3c(-c3ccccc3)c12. The van der Waals surface area contributed by atoms with Crippen LogP contribution in [0.4, 0.5) is 0 Å².